The quantitative estimate of drug-likeness (QED) is 0.527. The van der Waals surface area contributed by atoms with Crippen molar-refractivity contribution in [3.63, 3.8) is 0 Å². The van der Waals surface area contributed by atoms with E-state index in [-0.39, 0.29) is 24.5 Å². The maximum atomic E-state index is 13.0. The summed E-state index contributed by atoms with van der Waals surface area (Å²) in [5.74, 6) is 1.01. The fourth-order valence-corrected chi connectivity index (χ4v) is 6.82. The molecule has 3 aliphatic rings. The van der Waals surface area contributed by atoms with Gasteiger partial charge in [0.15, 0.2) is 6.10 Å². The first-order chi connectivity index (χ1) is 18.9. The molecule has 0 unspecified atom stereocenters. The maximum absolute atomic E-state index is 13.0. The van der Waals surface area contributed by atoms with Gasteiger partial charge in [0.25, 0.3) is 11.8 Å². The topological polar surface area (TPSA) is 84.3 Å². The number of likely N-dealkylation sites (tertiary alicyclic amines) is 2. The highest BCUT2D eigenvalue weighted by Crippen LogP contribution is 2.34. The number of carbonyl (C=O) groups is 2. The molecular formula is C31H40ClN3O4. The van der Waals surface area contributed by atoms with Crippen LogP contribution in [0.5, 0.6) is 0 Å². The third-order valence-corrected chi connectivity index (χ3v) is 9.27. The Morgan fingerprint density at radius 2 is 1.56 bits per heavy atom. The molecule has 2 amide bonds. The van der Waals surface area contributed by atoms with Gasteiger partial charge in [-0.1, -0.05) is 41.9 Å². The van der Waals surface area contributed by atoms with Crippen LogP contribution in [0.25, 0.3) is 0 Å². The van der Waals surface area contributed by atoms with Crippen LogP contribution in [0.3, 0.4) is 0 Å². The molecule has 0 bridgehead atoms. The summed E-state index contributed by atoms with van der Waals surface area (Å²) in [4.78, 5) is 31.7. The molecule has 3 aliphatic heterocycles. The number of hydrogen-bond acceptors (Lipinski definition) is 5. The normalized spacial score (nSPS) is 21.8. The van der Waals surface area contributed by atoms with Crippen molar-refractivity contribution in [2.45, 2.75) is 57.1 Å². The molecule has 210 valence electrons. The number of anilines is 1. The largest absolute Gasteiger partial charge is 0.394 e. The van der Waals surface area contributed by atoms with Crippen molar-refractivity contribution < 1.29 is 19.8 Å². The highest BCUT2D eigenvalue weighted by molar-refractivity contribution is 6.34. The molecule has 5 rings (SSSR count). The molecule has 2 aromatic carbocycles. The Morgan fingerprint density at radius 1 is 0.897 bits per heavy atom. The van der Waals surface area contributed by atoms with Gasteiger partial charge < -0.3 is 24.9 Å². The van der Waals surface area contributed by atoms with Gasteiger partial charge in [0.2, 0.25) is 0 Å². The molecule has 7 nitrogen and oxygen atoms in total. The average Bonchev–Trinajstić information content (AvgIpc) is 3.46. The lowest BCUT2D eigenvalue weighted by Crippen LogP contribution is -2.42. The first-order valence-corrected chi connectivity index (χ1v) is 14.8. The van der Waals surface area contributed by atoms with Crippen LogP contribution in [0.4, 0.5) is 5.69 Å². The van der Waals surface area contributed by atoms with Crippen LogP contribution in [0, 0.1) is 11.8 Å². The van der Waals surface area contributed by atoms with Gasteiger partial charge in [-0.3, -0.25) is 9.59 Å². The predicted octanol–water partition coefficient (Wildman–Crippen LogP) is 4.52. The molecule has 2 atom stereocenters. The number of nitrogens with zero attached hydrogens (tertiary/aromatic N) is 3. The number of aliphatic hydroxyl groups excluding tert-OH is 2. The van der Waals surface area contributed by atoms with E-state index in [0.29, 0.717) is 47.6 Å². The van der Waals surface area contributed by atoms with Crippen molar-refractivity contribution in [2.75, 3.05) is 44.2 Å². The lowest BCUT2D eigenvalue weighted by Gasteiger charge is -2.38. The van der Waals surface area contributed by atoms with Crippen LogP contribution < -0.4 is 4.90 Å². The molecule has 0 aromatic heterocycles. The number of rotatable bonds is 7. The molecule has 0 saturated carbocycles. The number of halogens is 1. The zero-order valence-corrected chi connectivity index (χ0v) is 23.3. The number of benzene rings is 2. The van der Waals surface area contributed by atoms with E-state index < -0.39 is 6.10 Å². The number of aliphatic hydroxyl groups is 2. The second-order valence-corrected chi connectivity index (χ2v) is 11.8. The third kappa shape index (κ3) is 6.42. The zero-order chi connectivity index (χ0) is 27.4. The predicted molar refractivity (Wildman–Crippen MR) is 153 cm³/mol. The summed E-state index contributed by atoms with van der Waals surface area (Å²) < 4.78 is 0. The van der Waals surface area contributed by atoms with Crippen molar-refractivity contribution in [1.29, 1.82) is 0 Å². The minimum absolute atomic E-state index is 0.00892. The molecule has 8 heteroatoms. The van der Waals surface area contributed by atoms with Gasteiger partial charge in [-0.05, 0) is 80.5 Å². The first-order valence-electron chi connectivity index (χ1n) is 14.4. The Morgan fingerprint density at radius 3 is 2.21 bits per heavy atom. The van der Waals surface area contributed by atoms with E-state index in [1.54, 1.807) is 17.0 Å². The standard InChI is InChI=1S/C31H40ClN3O4/c32-28-20-25(8-9-27(28)30(38)35-14-4-7-26(35)21-36)33-15-10-22(11-16-33)19-23-12-17-34(18-13-23)31(39)29(37)24-5-2-1-3-6-24/h1-3,5-6,8-9,20,22-23,26,29,36-37H,4,7,10-19,21H2/t26-,29+/m0/s1. The average molecular weight is 554 g/mol. The number of piperidine rings is 2. The summed E-state index contributed by atoms with van der Waals surface area (Å²) in [5.41, 5.74) is 2.22. The van der Waals surface area contributed by atoms with Crippen LogP contribution in [-0.2, 0) is 4.79 Å². The van der Waals surface area contributed by atoms with E-state index in [1.807, 2.05) is 41.3 Å². The van der Waals surface area contributed by atoms with Crippen LogP contribution in [0.2, 0.25) is 5.02 Å². The summed E-state index contributed by atoms with van der Waals surface area (Å²) in [5, 5.41) is 20.5. The molecule has 0 radical (unpaired) electrons. The first kappa shape index (κ1) is 27.9. The van der Waals surface area contributed by atoms with Crippen molar-refractivity contribution in [3.8, 4) is 0 Å². The molecule has 3 saturated heterocycles. The van der Waals surface area contributed by atoms with Crippen LogP contribution in [0.15, 0.2) is 48.5 Å². The van der Waals surface area contributed by atoms with E-state index in [2.05, 4.69) is 4.90 Å². The third-order valence-electron chi connectivity index (χ3n) is 8.95. The molecule has 3 fully saturated rings. The Kier molecular flexibility index (Phi) is 9.10. The van der Waals surface area contributed by atoms with Crippen molar-refractivity contribution in [2.24, 2.45) is 11.8 Å². The van der Waals surface area contributed by atoms with Gasteiger partial charge in [0.1, 0.15) is 0 Å². The van der Waals surface area contributed by atoms with Gasteiger partial charge in [0, 0.05) is 38.4 Å². The summed E-state index contributed by atoms with van der Waals surface area (Å²) in [7, 11) is 0. The van der Waals surface area contributed by atoms with E-state index in [4.69, 9.17) is 11.6 Å². The van der Waals surface area contributed by atoms with Gasteiger partial charge in [-0.15, -0.1) is 0 Å². The zero-order valence-electron chi connectivity index (χ0n) is 22.6. The van der Waals surface area contributed by atoms with Gasteiger partial charge >= 0.3 is 0 Å². The number of amides is 2. The molecule has 3 heterocycles. The fraction of sp³-hybridized carbons (Fsp3) is 0.548. The van der Waals surface area contributed by atoms with Crippen LogP contribution >= 0.6 is 11.6 Å². The molecule has 2 aromatic rings. The molecule has 2 N–H and O–H groups in total. The maximum Gasteiger partial charge on any atom is 0.256 e. The lowest BCUT2D eigenvalue weighted by molar-refractivity contribution is -0.142. The Balaban J connectivity index is 1.08. The molecule has 0 spiro atoms. The van der Waals surface area contributed by atoms with Crippen molar-refractivity contribution in [3.05, 3.63) is 64.7 Å². The van der Waals surface area contributed by atoms with Gasteiger partial charge in [0.05, 0.1) is 23.2 Å². The molecule has 0 aliphatic carbocycles. The number of carbonyl (C=O) groups excluding carboxylic acids is 2. The summed E-state index contributed by atoms with van der Waals surface area (Å²) >= 11 is 6.58. The van der Waals surface area contributed by atoms with Gasteiger partial charge in [-0.25, -0.2) is 0 Å². The minimum atomic E-state index is -1.08. The Hall–Kier alpha value is -2.61. The van der Waals surface area contributed by atoms with E-state index in [0.717, 1.165) is 57.3 Å². The summed E-state index contributed by atoms with van der Waals surface area (Å²) in [6, 6.07) is 14.8. The van der Waals surface area contributed by atoms with E-state index >= 15 is 0 Å². The smallest absolute Gasteiger partial charge is 0.256 e. The minimum Gasteiger partial charge on any atom is -0.394 e. The SMILES string of the molecule is O=C([C@H](O)c1ccccc1)N1CCC(CC2CCN(c3ccc(C(=O)N4CCC[C@H]4CO)c(Cl)c3)CC2)CC1. The highest BCUT2D eigenvalue weighted by Gasteiger charge is 2.32. The van der Waals surface area contributed by atoms with Crippen molar-refractivity contribution >= 4 is 29.1 Å². The van der Waals surface area contributed by atoms with Crippen LogP contribution in [-0.4, -0.2) is 77.2 Å². The Bertz CT molecular complexity index is 1130. The molecular weight excluding hydrogens is 514 g/mol. The van der Waals surface area contributed by atoms with E-state index in [1.165, 1.54) is 6.42 Å². The second-order valence-electron chi connectivity index (χ2n) is 11.4. The fourth-order valence-electron chi connectivity index (χ4n) is 6.56. The lowest BCUT2D eigenvalue weighted by atomic mass is 9.82. The molecule has 39 heavy (non-hydrogen) atoms. The van der Waals surface area contributed by atoms with Crippen molar-refractivity contribution in [1.82, 2.24) is 9.80 Å². The van der Waals surface area contributed by atoms with Crippen LogP contribution in [0.1, 0.15) is 67.0 Å². The highest BCUT2D eigenvalue weighted by atomic mass is 35.5. The summed E-state index contributed by atoms with van der Waals surface area (Å²) in [6.07, 6.45) is 6.08. The summed E-state index contributed by atoms with van der Waals surface area (Å²) in [6.45, 7) is 4.02. The van der Waals surface area contributed by atoms with Gasteiger partial charge in [-0.2, -0.15) is 0 Å². The Labute approximate surface area is 236 Å². The second kappa shape index (κ2) is 12.7. The number of hydrogen-bond donors (Lipinski definition) is 2. The van der Waals surface area contributed by atoms with E-state index in [9.17, 15) is 19.8 Å². The monoisotopic (exact) mass is 553 g/mol.